The molecular formula is C9H10ClNO. The maximum Gasteiger partial charge on any atom is 0.124 e. The van der Waals surface area contributed by atoms with Crippen LogP contribution in [-0.4, -0.2) is 6.61 Å². The Morgan fingerprint density at radius 2 is 2.25 bits per heavy atom. The molecule has 0 bridgehead atoms. The van der Waals surface area contributed by atoms with Crippen LogP contribution in [0.25, 0.3) is 0 Å². The molecular weight excluding hydrogens is 174 g/mol. The van der Waals surface area contributed by atoms with E-state index in [1.54, 1.807) is 6.07 Å². The van der Waals surface area contributed by atoms with Crippen LogP contribution in [-0.2, 0) is 6.42 Å². The van der Waals surface area contributed by atoms with Gasteiger partial charge >= 0.3 is 0 Å². The van der Waals surface area contributed by atoms with Gasteiger partial charge in [-0.2, -0.15) is 0 Å². The van der Waals surface area contributed by atoms with E-state index in [2.05, 4.69) is 0 Å². The van der Waals surface area contributed by atoms with Gasteiger partial charge in [-0.1, -0.05) is 11.6 Å². The lowest BCUT2D eigenvalue weighted by Crippen LogP contribution is -2.10. The Hall–Kier alpha value is -0.890. The van der Waals surface area contributed by atoms with Crippen LogP contribution in [0.15, 0.2) is 12.1 Å². The largest absolute Gasteiger partial charge is 0.493 e. The van der Waals surface area contributed by atoms with Gasteiger partial charge in [-0.3, -0.25) is 0 Å². The van der Waals surface area contributed by atoms with Crippen molar-refractivity contribution in [2.75, 3.05) is 12.3 Å². The first kappa shape index (κ1) is 7.74. The van der Waals surface area contributed by atoms with E-state index >= 15 is 0 Å². The molecule has 0 aromatic heterocycles. The summed E-state index contributed by atoms with van der Waals surface area (Å²) in [4.78, 5) is 0. The molecule has 1 aromatic carbocycles. The van der Waals surface area contributed by atoms with Gasteiger partial charge < -0.3 is 10.5 Å². The standard InChI is InChI=1S/C9H10ClNO/c10-7-3-4-8-6(9(7)11)2-1-5-12-8/h3-4H,1-2,5,11H2. The summed E-state index contributed by atoms with van der Waals surface area (Å²) in [5.74, 6) is 0.892. The zero-order chi connectivity index (χ0) is 8.55. The fourth-order valence-corrected chi connectivity index (χ4v) is 1.62. The Balaban J connectivity index is 2.54. The van der Waals surface area contributed by atoms with Crippen molar-refractivity contribution < 1.29 is 4.74 Å². The molecule has 0 radical (unpaired) electrons. The van der Waals surface area contributed by atoms with E-state index in [-0.39, 0.29) is 0 Å². The lowest BCUT2D eigenvalue weighted by atomic mass is 10.0. The summed E-state index contributed by atoms with van der Waals surface area (Å²) in [5.41, 5.74) is 7.53. The summed E-state index contributed by atoms with van der Waals surface area (Å²) in [6, 6.07) is 3.66. The van der Waals surface area contributed by atoms with E-state index in [9.17, 15) is 0 Å². The highest BCUT2D eigenvalue weighted by molar-refractivity contribution is 6.33. The Labute approximate surface area is 76.3 Å². The van der Waals surface area contributed by atoms with Gasteiger partial charge in [-0.15, -0.1) is 0 Å². The first-order valence-corrected chi connectivity index (χ1v) is 4.36. The van der Waals surface area contributed by atoms with Crippen molar-refractivity contribution in [2.45, 2.75) is 12.8 Å². The molecule has 0 unspecified atom stereocenters. The van der Waals surface area contributed by atoms with Crippen LogP contribution in [0.2, 0.25) is 5.02 Å². The fraction of sp³-hybridized carbons (Fsp3) is 0.333. The summed E-state index contributed by atoms with van der Waals surface area (Å²) in [6.07, 6.45) is 2.00. The smallest absolute Gasteiger partial charge is 0.124 e. The summed E-state index contributed by atoms with van der Waals surface area (Å²) < 4.78 is 5.42. The lowest BCUT2D eigenvalue weighted by molar-refractivity contribution is 0.289. The van der Waals surface area contributed by atoms with Crippen molar-refractivity contribution in [3.05, 3.63) is 22.7 Å². The van der Waals surface area contributed by atoms with E-state index in [1.165, 1.54) is 0 Å². The average Bonchev–Trinajstić information content (AvgIpc) is 2.12. The van der Waals surface area contributed by atoms with E-state index in [4.69, 9.17) is 22.1 Å². The fourth-order valence-electron chi connectivity index (χ4n) is 1.44. The summed E-state index contributed by atoms with van der Waals surface area (Å²) in [7, 11) is 0. The van der Waals surface area contributed by atoms with Crippen LogP contribution in [0.3, 0.4) is 0 Å². The number of hydrogen-bond acceptors (Lipinski definition) is 2. The topological polar surface area (TPSA) is 35.2 Å². The molecule has 2 N–H and O–H groups in total. The van der Waals surface area contributed by atoms with Gasteiger partial charge in [0.1, 0.15) is 5.75 Å². The van der Waals surface area contributed by atoms with E-state index < -0.39 is 0 Å². The number of ether oxygens (including phenoxy) is 1. The molecule has 0 amide bonds. The van der Waals surface area contributed by atoms with Crippen molar-refractivity contribution in [2.24, 2.45) is 0 Å². The van der Waals surface area contributed by atoms with Gasteiger partial charge in [-0.05, 0) is 25.0 Å². The maximum absolute atomic E-state index is 5.87. The van der Waals surface area contributed by atoms with Gasteiger partial charge in [0.25, 0.3) is 0 Å². The number of rotatable bonds is 0. The van der Waals surface area contributed by atoms with Crippen LogP contribution in [0.4, 0.5) is 5.69 Å². The molecule has 0 atom stereocenters. The third-order valence-corrected chi connectivity index (χ3v) is 2.42. The zero-order valence-corrected chi connectivity index (χ0v) is 7.40. The molecule has 1 aromatic rings. The SMILES string of the molecule is Nc1c(Cl)ccc2c1CCCO2. The molecule has 0 saturated carbocycles. The van der Waals surface area contributed by atoms with Crippen LogP contribution >= 0.6 is 11.6 Å². The van der Waals surface area contributed by atoms with E-state index in [1.807, 2.05) is 6.07 Å². The second kappa shape index (κ2) is 2.87. The highest BCUT2D eigenvalue weighted by atomic mass is 35.5. The second-order valence-electron chi connectivity index (χ2n) is 2.89. The minimum absolute atomic E-state index is 0.624. The van der Waals surface area contributed by atoms with Gasteiger partial charge in [0.15, 0.2) is 0 Å². The monoisotopic (exact) mass is 183 g/mol. The first-order chi connectivity index (χ1) is 5.79. The van der Waals surface area contributed by atoms with Crippen molar-refractivity contribution in [1.29, 1.82) is 0 Å². The Kier molecular flexibility index (Phi) is 1.85. The molecule has 2 rings (SSSR count). The third kappa shape index (κ3) is 1.12. The number of anilines is 1. The number of fused-ring (bicyclic) bond motifs is 1. The average molecular weight is 184 g/mol. The zero-order valence-electron chi connectivity index (χ0n) is 6.64. The van der Waals surface area contributed by atoms with Crippen LogP contribution < -0.4 is 10.5 Å². The number of hydrogen-bond donors (Lipinski definition) is 1. The van der Waals surface area contributed by atoms with Crippen molar-refractivity contribution in [3.63, 3.8) is 0 Å². The van der Waals surface area contributed by atoms with Crippen LogP contribution in [0, 0.1) is 0 Å². The van der Waals surface area contributed by atoms with Crippen molar-refractivity contribution in [1.82, 2.24) is 0 Å². The Morgan fingerprint density at radius 1 is 1.42 bits per heavy atom. The molecule has 0 saturated heterocycles. The predicted octanol–water partition coefficient (Wildman–Crippen LogP) is 2.25. The maximum atomic E-state index is 5.87. The number of nitrogens with two attached hydrogens (primary N) is 1. The molecule has 0 aliphatic carbocycles. The lowest BCUT2D eigenvalue weighted by Gasteiger charge is -2.19. The molecule has 0 spiro atoms. The van der Waals surface area contributed by atoms with Crippen LogP contribution in [0.1, 0.15) is 12.0 Å². The van der Waals surface area contributed by atoms with Crippen molar-refractivity contribution >= 4 is 17.3 Å². The van der Waals surface area contributed by atoms with E-state index in [0.717, 1.165) is 30.8 Å². The number of benzene rings is 1. The Morgan fingerprint density at radius 3 is 3.08 bits per heavy atom. The molecule has 1 heterocycles. The molecule has 3 heteroatoms. The molecule has 1 aliphatic heterocycles. The van der Waals surface area contributed by atoms with Gasteiger partial charge in [-0.25, -0.2) is 0 Å². The summed E-state index contributed by atoms with van der Waals surface area (Å²) in [5, 5.41) is 0.624. The van der Waals surface area contributed by atoms with Gasteiger partial charge in [0.2, 0.25) is 0 Å². The minimum Gasteiger partial charge on any atom is -0.493 e. The molecule has 2 nitrogen and oxygen atoms in total. The summed E-state index contributed by atoms with van der Waals surface area (Å²) >= 11 is 5.87. The van der Waals surface area contributed by atoms with Crippen LogP contribution in [0.5, 0.6) is 5.75 Å². The van der Waals surface area contributed by atoms with Gasteiger partial charge in [0.05, 0.1) is 17.3 Å². The first-order valence-electron chi connectivity index (χ1n) is 3.98. The summed E-state index contributed by atoms with van der Waals surface area (Å²) in [6.45, 7) is 0.786. The second-order valence-corrected chi connectivity index (χ2v) is 3.30. The highest BCUT2D eigenvalue weighted by Gasteiger charge is 2.14. The number of nitrogen functional groups attached to an aromatic ring is 1. The van der Waals surface area contributed by atoms with Gasteiger partial charge in [0, 0.05) is 5.56 Å². The number of halogens is 1. The van der Waals surface area contributed by atoms with Crippen molar-refractivity contribution in [3.8, 4) is 5.75 Å². The molecule has 1 aliphatic rings. The van der Waals surface area contributed by atoms with E-state index in [0.29, 0.717) is 10.7 Å². The molecule has 12 heavy (non-hydrogen) atoms. The highest BCUT2D eigenvalue weighted by Crippen LogP contribution is 2.34. The Bertz CT molecular complexity index is 312. The quantitative estimate of drug-likeness (QED) is 0.627. The normalized spacial score (nSPS) is 15.1. The molecule has 0 fully saturated rings. The predicted molar refractivity (Wildman–Crippen MR) is 49.7 cm³/mol. The molecule has 64 valence electrons. The minimum atomic E-state index is 0.624. The third-order valence-electron chi connectivity index (χ3n) is 2.09.